The molecule has 0 spiro atoms. The molecule has 1 aromatic heterocycles. The maximum Gasteiger partial charge on any atom is 0.0440 e. The van der Waals surface area contributed by atoms with Gasteiger partial charge in [0.1, 0.15) is 0 Å². The van der Waals surface area contributed by atoms with Crippen molar-refractivity contribution in [2.45, 2.75) is 38.9 Å². The quantitative estimate of drug-likeness (QED) is 0.797. The van der Waals surface area contributed by atoms with Crippen molar-refractivity contribution < 1.29 is 0 Å². The van der Waals surface area contributed by atoms with Gasteiger partial charge in [-0.1, -0.05) is 24.6 Å². The smallest absolute Gasteiger partial charge is 0.0440 e. The number of anilines is 1. The summed E-state index contributed by atoms with van der Waals surface area (Å²) in [4.78, 5) is 2.53. The van der Waals surface area contributed by atoms with Crippen LogP contribution < -0.4 is 10.2 Å². The summed E-state index contributed by atoms with van der Waals surface area (Å²) in [7, 11) is 0. The van der Waals surface area contributed by atoms with Gasteiger partial charge in [-0.25, -0.2) is 0 Å². The van der Waals surface area contributed by atoms with Gasteiger partial charge in [-0.2, -0.15) is 11.3 Å². The van der Waals surface area contributed by atoms with Crippen LogP contribution in [-0.4, -0.2) is 12.6 Å². The highest BCUT2D eigenvalue weighted by molar-refractivity contribution is 7.07. The zero-order valence-corrected chi connectivity index (χ0v) is 13.9. The van der Waals surface area contributed by atoms with Crippen LogP contribution in [0, 0.1) is 0 Å². The molecule has 0 unspecified atom stereocenters. The highest BCUT2D eigenvalue weighted by Gasteiger charge is 2.30. The summed E-state index contributed by atoms with van der Waals surface area (Å²) in [6, 6.07) is 9.16. The molecule has 0 amide bonds. The number of halogens is 1. The van der Waals surface area contributed by atoms with Crippen molar-refractivity contribution in [3.05, 3.63) is 51.2 Å². The van der Waals surface area contributed by atoms with E-state index >= 15 is 0 Å². The van der Waals surface area contributed by atoms with Gasteiger partial charge in [-0.05, 0) is 59.5 Å². The third-order valence-corrected chi connectivity index (χ3v) is 4.81. The van der Waals surface area contributed by atoms with E-state index in [1.54, 1.807) is 11.3 Å². The maximum atomic E-state index is 6.26. The first kappa shape index (κ1) is 14.9. The van der Waals surface area contributed by atoms with E-state index in [1.807, 2.05) is 6.07 Å². The molecule has 1 fully saturated rings. The lowest BCUT2D eigenvalue weighted by molar-refractivity contribution is 0.715. The Morgan fingerprint density at radius 1 is 1.33 bits per heavy atom. The fraction of sp³-hybridized carbons (Fsp3) is 0.412. The van der Waals surface area contributed by atoms with Crippen LogP contribution in [0.15, 0.2) is 35.0 Å². The Bertz CT molecular complexity index is 578. The summed E-state index contributed by atoms with van der Waals surface area (Å²) in [5.74, 6) is 0. The highest BCUT2D eigenvalue weighted by Crippen LogP contribution is 2.36. The van der Waals surface area contributed by atoms with E-state index in [0.29, 0.717) is 6.04 Å². The molecule has 0 aliphatic heterocycles. The average molecular weight is 321 g/mol. The van der Waals surface area contributed by atoms with Crippen LogP contribution >= 0.6 is 22.9 Å². The van der Waals surface area contributed by atoms with Crippen molar-refractivity contribution in [1.82, 2.24) is 5.32 Å². The molecule has 112 valence electrons. The molecule has 1 aromatic carbocycles. The first-order chi connectivity index (χ1) is 10.3. The minimum atomic E-state index is 0.670. The number of nitrogens with one attached hydrogen (secondary N) is 1. The molecule has 1 saturated carbocycles. The predicted octanol–water partition coefficient (Wildman–Crippen LogP) is 4.68. The van der Waals surface area contributed by atoms with E-state index in [0.717, 1.165) is 24.7 Å². The summed E-state index contributed by atoms with van der Waals surface area (Å²) < 4.78 is 0. The maximum absolute atomic E-state index is 6.26. The SMILES string of the molecule is CCNCc1ccc(Cl)cc1N(Cc1ccsc1)C1CC1. The van der Waals surface area contributed by atoms with Crippen LogP contribution in [0.1, 0.15) is 30.9 Å². The number of thiophene rings is 1. The second-order valence-corrected chi connectivity index (χ2v) is 6.76. The van der Waals surface area contributed by atoms with Gasteiger partial charge >= 0.3 is 0 Å². The molecule has 21 heavy (non-hydrogen) atoms. The lowest BCUT2D eigenvalue weighted by atomic mass is 10.1. The van der Waals surface area contributed by atoms with Gasteiger partial charge in [0.05, 0.1) is 0 Å². The topological polar surface area (TPSA) is 15.3 Å². The molecule has 1 N–H and O–H groups in total. The normalized spacial score (nSPS) is 14.4. The Morgan fingerprint density at radius 2 is 2.19 bits per heavy atom. The van der Waals surface area contributed by atoms with Crippen LogP contribution in [0.2, 0.25) is 5.02 Å². The molecule has 1 heterocycles. The number of rotatable bonds is 7. The molecule has 2 nitrogen and oxygen atoms in total. The molecule has 1 aliphatic rings. The Hall–Kier alpha value is -1.03. The lowest BCUT2D eigenvalue weighted by Gasteiger charge is -2.27. The predicted molar refractivity (Wildman–Crippen MR) is 92.4 cm³/mol. The minimum absolute atomic E-state index is 0.670. The molecule has 4 heteroatoms. The van der Waals surface area contributed by atoms with E-state index in [9.17, 15) is 0 Å². The second-order valence-electron chi connectivity index (χ2n) is 5.54. The second kappa shape index (κ2) is 6.82. The van der Waals surface area contributed by atoms with Crippen molar-refractivity contribution >= 4 is 28.6 Å². The molecular weight excluding hydrogens is 300 g/mol. The number of hydrogen-bond donors (Lipinski definition) is 1. The number of hydrogen-bond acceptors (Lipinski definition) is 3. The Labute approximate surface area is 135 Å². The van der Waals surface area contributed by atoms with Gasteiger partial charge in [-0.3, -0.25) is 0 Å². The van der Waals surface area contributed by atoms with Crippen LogP contribution in [-0.2, 0) is 13.1 Å². The van der Waals surface area contributed by atoms with Crippen molar-refractivity contribution in [3.8, 4) is 0 Å². The van der Waals surface area contributed by atoms with Gasteiger partial charge in [0.2, 0.25) is 0 Å². The zero-order valence-electron chi connectivity index (χ0n) is 12.3. The molecule has 1 aliphatic carbocycles. The standard InChI is InChI=1S/C17H21ClN2S/c1-2-19-10-14-3-4-15(18)9-17(14)20(16-5-6-16)11-13-7-8-21-12-13/h3-4,7-9,12,16,19H,2,5-6,10-11H2,1H3. The van der Waals surface area contributed by atoms with Gasteiger partial charge in [-0.15, -0.1) is 0 Å². The van der Waals surface area contributed by atoms with Crippen molar-refractivity contribution in [1.29, 1.82) is 0 Å². The first-order valence-corrected chi connectivity index (χ1v) is 8.87. The molecule has 0 bridgehead atoms. The van der Waals surface area contributed by atoms with Crippen LogP contribution in [0.5, 0.6) is 0 Å². The van der Waals surface area contributed by atoms with E-state index in [4.69, 9.17) is 11.6 Å². The third kappa shape index (κ3) is 3.79. The molecule has 3 rings (SSSR count). The Morgan fingerprint density at radius 3 is 2.86 bits per heavy atom. The van der Waals surface area contributed by atoms with Gasteiger partial charge in [0.25, 0.3) is 0 Å². The average Bonchev–Trinajstić information content (AvgIpc) is 3.20. The monoisotopic (exact) mass is 320 g/mol. The Kier molecular flexibility index (Phi) is 4.84. The molecule has 0 saturated heterocycles. The fourth-order valence-corrected chi connectivity index (χ4v) is 3.42. The molecule has 0 atom stereocenters. The summed E-state index contributed by atoms with van der Waals surface area (Å²) in [5.41, 5.74) is 4.02. The molecular formula is C17H21ClN2S. The van der Waals surface area contributed by atoms with Gasteiger partial charge in [0, 0.05) is 29.8 Å². The number of benzene rings is 1. The summed E-state index contributed by atoms with van der Waals surface area (Å²) in [6.07, 6.45) is 2.58. The van der Waals surface area contributed by atoms with Crippen molar-refractivity contribution in [2.75, 3.05) is 11.4 Å². The fourth-order valence-electron chi connectivity index (χ4n) is 2.59. The van der Waals surface area contributed by atoms with E-state index in [-0.39, 0.29) is 0 Å². The van der Waals surface area contributed by atoms with Crippen molar-refractivity contribution in [3.63, 3.8) is 0 Å². The minimum Gasteiger partial charge on any atom is -0.364 e. The Balaban J connectivity index is 1.88. The largest absolute Gasteiger partial charge is 0.364 e. The summed E-state index contributed by atoms with van der Waals surface area (Å²) in [6.45, 7) is 5.00. The van der Waals surface area contributed by atoms with Gasteiger partial charge in [0.15, 0.2) is 0 Å². The van der Waals surface area contributed by atoms with Gasteiger partial charge < -0.3 is 10.2 Å². The molecule has 0 radical (unpaired) electrons. The van der Waals surface area contributed by atoms with E-state index in [2.05, 4.69) is 46.1 Å². The summed E-state index contributed by atoms with van der Waals surface area (Å²) in [5, 5.41) is 8.64. The molecule has 2 aromatic rings. The van der Waals surface area contributed by atoms with Crippen molar-refractivity contribution in [2.24, 2.45) is 0 Å². The summed E-state index contributed by atoms with van der Waals surface area (Å²) >= 11 is 8.02. The van der Waals surface area contributed by atoms with Crippen LogP contribution in [0.25, 0.3) is 0 Å². The zero-order chi connectivity index (χ0) is 14.7. The number of nitrogens with zero attached hydrogens (tertiary/aromatic N) is 1. The van der Waals surface area contributed by atoms with E-state index < -0.39 is 0 Å². The first-order valence-electron chi connectivity index (χ1n) is 7.54. The highest BCUT2D eigenvalue weighted by atomic mass is 35.5. The van der Waals surface area contributed by atoms with E-state index in [1.165, 1.54) is 29.7 Å². The van der Waals surface area contributed by atoms with Crippen LogP contribution in [0.3, 0.4) is 0 Å². The van der Waals surface area contributed by atoms with Crippen LogP contribution in [0.4, 0.5) is 5.69 Å². The third-order valence-electron chi connectivity index (χ3n) is 3.84. The lowest BCUT2D eigenvalue weighted by Crippen LogP contribution is -2.27.